The minimum absolute atomic E-state index is 0. The Bertz CT molecular complexity index is 15.5. The monoisotopic (exact) mass is 238 g/mol. The fraction of sp³-hybridized carbons (Fsp3) is 0. The van der Waals surface area contributed by atoms with Crippen LogP contribution in [0.15, 0.2) is 0 Å². The van der Waals surface area contributed by atoms with Crippen LogP contribution in [0, 0.1) is 0 Å². The van der Waals surface area contributed by atoms with Crippen molar-refractivity contribution in [2.75, 3.05) is 0 Å². The molecule has 0 heterocycles. The van der Waals surface area contributed by atoms with Crippen molar-refractivity contribution in [2.24, 2.45) is 0 Å². The maximum absolute atomic E-state index is 7.17. The van der Waals surface area contributed by atoms with Gasteiger partial charge in [0, 0.05) is 0 Å². The second-order valence-corrected chi connectivity index (χ2v) is 0.346. The average molecular weight is 238 g/mol. The fourth-order valence-corrected chi connectivity index (χ4v) is 0. The van der Waals surface area contributed by atoms with E-state index in [0.29, 0.717) is 0 Å². The molecule has 0 aliphatic rings. The van der Waals surface area contributed by atoms with E-state index in [4.69, 9.17) is 15.1 Å². The van der Waals surface area contributed by atoms with Crippen LogP contribution in [0.25, 0.3) is 0 Å². The number of rotatable bonds is 0. The van der Waals surface area contributed by atoms with Crippen molar-refractivity contribution in [1.29, 1.82) is 0 Å². The van der Waals surface area contributed by atoms with Crippen LogP contribution >= 0.6 is 12.4 Å². The Kier molecular flexibility index (Phi) is 25.9. The summed E-state index contributed by atoms with van der Waals surface area (Å²) in [5.74, 6) is 0. The molecule has 0 aliphatic carbocycles. The zero-order valence-electron chi connectivity index (χ0n) is 2.33. The molecular weight excluding hydrogens is 232 g/mol. The zero-order valence-corrected chi connectivity index (χ0v) is 3.14. The Morgan fingerprint density at radius 3 is 1.00 bits per heavy atom. The van der Waals surface area contributed by atoms with Gasteiger partial charge in [0.05, 0.1) is 0 Å². The van der Waals surface area contributed by atoms with E-state index in [2.05, 4.69) is 0 Å². The van der Waals surface area contributed by atoms with Crippen molar-refractivity contribution in [3.8, 4) is 0 Å². The number of hydrogen-bond donors (Lipinski definition) is 3. The molecule has 0 aliphatic heterocycles. The number of hydrogen-bond acceptors (Lipinski definition) is 3. The van der Waals surface area contributed by atoms with Crippen LogP contribution in [0.2, 0.25) is 0 Å². The van der Waals surface area contributed by atoms with Crippen LogP contribution in [0.1, 0.15) is 0 Å². The van der Waals surface area contributed by atoms with Crippen molar-refractivity contribution in [3.05, 3.63) is 0 Å². The molecule has 0 aromatic rings. The summed E-state index contributed by atoms with van der Waals surface area (Å²) in [5, 5.41) is 21.5. The van der Waals surface area contributed by atoms with E-state index in [-0.39, 0.29) is 61.3 Å². The van der Waals surface area contributed by atoms with Crippen molar-refractivity contribution < 1.29 is 15.1 Å². The molecule has 0 aromatic heterocycles. The van der Waals surface area contributed by atoms with Gasteiger partial charge in [-0.15, -0.1) is 12.4 Å². The van der Waals surface area contributed by atoms with Crippen molar-refractivity contribution in [3.63, 3.8) is 0 Å². The van der Waals surface area contributed by atoms with E-state index in [9.17, 15) is 0 Å². The van der Waals surface area contributed by atoms with Crippen LogP contribution in [0.4, 0.5) is 0 Å². The van der Waals surface area contributed by atoms with Gasteiger partial charge < -0.3 is 15.1 Å². The van der Waals surface area contributed by atoms with Crippen molar-refractivity contribution in [2.45, 2.75) is 0 Å². The summed E-state index contributed by atoms with van der Waals surface area (Å²) in [5.41, 5.74) is 0. The van der Waals surface area contributed by atoms with E-state index in [1.54, 1.807) is 0 Å². The van der Waals surface area contributed by atoms with Crippen LogP contribution in [-0.2, 0) is 0 Å². The maximum atomic E-state index is 7.17. The molecule has 0 bridgehead atoms. The van der Waals surface area contributed by atoms with Crippen LogP contribution in [0.3, 0.4) is 0 Å². The third-order valence-electron chi connectivity index (χ3n) is 0. The summed E-state index contributed by atoms with van der Waals surface area (Å²) in [6, 6.07) is 0. The van der Waals surface area contributed by atoms with Gasteiger partial charge in [-0.2, -0.15) is 0 Å². The topological polar surface area (TPSA) is 60.7 Å². The Morgan fingerprint density at radius 1 is 1.00 bits per heavy atom. The van der Waals surface area contributed by atoms with Gasteiger partial charge in [-0.3, -0.25) is 0 Å². The number of halogens is 1. The predicted octanol–water partition coefficient (Wildman–Crippen LogP) is -2.55. The van der Waals surface area contributed by atoms with Gasteiger partial charge in [-0.05, 0) is 0 Å². The molecule has 36 valence electrons. The molecule has 0 rings (SSSR count). The van der Waals surface area contributed by atoms with Crippen LogP contribution < -0.4 is 0 Å². The van der Waals surface area contributed by atoms with Crippen LogP contribution in [-0.4, -0.2) is 71.3 Å². The molecule has 0 spiro atoms. The molecule has 0 atom stereocenters. The first-order valence-corrected chi connectivity index (χ1v) is 0.775. The van der Waals surface area contributed by atoms with Crippen molar-refractivity contribution in [1.82, 2.24) is 0 Å². The van der Waals surface area contributed by atoms with E-state index in [1.165, 1.54) is 0 Å². The summed E-state index contributed by atoms with van der Waals surface area (Å²) in [4.78, 5) is 0. The Hall–Kier alpha value is 1.81. The first-order valence-electron chi connectivity index (χ1n) is 0.775. The van der Waals surface area contributed by atoms with Gasteiger partial charge in [-0.1, -0.05) is 0 Å². The summed E-state index contributed by atoms with van der Waals surface area (Å²) < 4.78 is 0. The fourth-order valence-electron chi connectivity index (χ4n) is 0. The average Bonchev–Trinajstić information content (AvgIpc) is 0.811. The summed E-state index contributed by atoms with van der Waals surface area (Å²) in [6.45, 7) is 0. The van der Waals surface area contributed by atoms with E-state index in [0.717, 1.165) is 0 Å². The third kappa shape index (κ3) is 41.1. The van der Waals surface area contributed by atoms with Gasteiger partial charge in [0.2, 0.25) is 0 Å². The third-order valence-corrected chi connectivity index (χ3v) is 0. The van der Waals surface area contributed by atoms with Gasteiger partial charge >= 0.3 is 56.2 Å². The van der Waals surface area contributed by atoms with E-state index < -0.39 is 7.32 Å². The van der Waals surface area contributed by atoms with Crippen LogP contribution in [0.5, 0.6) is 0 Å². The molecule has 0 saturated carbocycles. The van der Waals surface area contributed by atoms with Gasteiger partial charge in [0.25, 0.3) is 0 Å². The Balaban J connectivity index is -0.0000000450. The van der Waals surface area contributed by atoms with E-state index >= 15 is 0 Å². The molecule has 6 heavy (non-hydrogen) atoms. The quantitative estimate of drug-likeness (QED) is 0.407. The molecule has 0 amide bonds. The Labute approximate surface area is 82.4 Å². The molecule has 3 nitrogen and oxygen atoms in total. The molecule has 3 N–H and O–H groups in total. The zero-order chi connectivity index (χ0) is 3.58. The molecule has 0 fully saturated rings. The van der Waals surface area contributed by atoms with E-state index in [1.807, 2.05) is 0 Å². The molecule has 0 saturated heterocycles. The second-order valence-electron chi connectivity index (χ2n) is 0.346. The first-order chi connectivity index (χ1) is 1.73. The minimum atomic E-state index is -2.17. The SMILES string of the molecule is Cl.OB(O)O.[BaH2]. The molecular formula is H6BBaClO3. The van der Waals surface area contributed by atoms with Gasteiger partial charge in [-0.25, -0.2) is 0 Å². The van der Waals surface area contributed by atoms with Gasteiger partial charge in [0.15, 0.2) is 0 Å². The summed E-state index contributed by atoms with van der Waals surface area (Å²) >= 11 is 0. The predicted molar refractivity (Wildman–Crippen MR) is 28.2 cm³/mol. The summed E-state index contributed by atoms with van der Waals surface area (Å²) in [7, 11) is -2.17. The molecule has 6 heteroatoms. The molecule has 0 unspecified atom stereocenters. The first kappa shape index (κ1) is 15.7. The van der Waals surface area contributed by atoms with Crippen molar-refractivity contribution >= 4 is 68.6 Å². The van der Waals surface area contributed by atoms with Gasteiger partial charge in [0.1, 0.15) is 0 Å². The standard InChI is InChI=1S/BH3O3.Ba.ClH.2H/c2-1(3)4;;;;/h2-4H;;1H;;. The summed E-state index contributed by atoms with van der Waals surface area (Å²) in [6.07, 6.45) is 0. The molecule has 0 radical (unpaired) electrons. The molecule has 0 aromatic carbocycles. The normalized spacial score (nSPS) is 4.50. The second kappa shape index (κ2) is 9.93. The Morgan fingerprint density at radius 2 is 1.00 bits per heavy atom.